The van der Waals surface area contributed by atoms with Gasteiger partial charge in [-0.15, -0.1) is 11.6 Å². The molecular weight excluding hydrogens is 373 g/mol. The molecule has 0 saturated heterocycles. The number of nitrogens with zero attached hydrogens (tertiary/aromatic N) is 2. The third-order valence-electron chi connectivity index (χ3n) is 2.78. The van der Waals surface area contributed by atoms with Crippen LogP contribution in [0, 0.1) is 0 Å². The van der Waals surface area contributed by atoms with Crippen LogP contribution in [0.25, 0.3) is 11.5 Å². The van der Waals surface area contributed by atoms with Crippen molar-refractivity contribution < 1.29 is 17.7 Å². The highest BCUT2D eigenvalue weighted by molar-refractivity contribution is 9.10. The minimum atomic E-state index is -4.52. The molecule has 0 spiro atoms. The third-order valence-corrected chi connectivity index (χ3v) is 3.69. The zero-order valence-corrected chi connectivity index (χ0v) is 13.3. The zero-order chi connectivity index (χ0) is 15.6. The van der Waals surface area contributed by atoms with Gasteiger partial charge in [-0.25, -0.2) is 0 Å². The number of benzene rings is 1. The molecule has 2 aromatic rings. The Balaban J connectivity index is 2.43. The molecule has 1 aromatic heterocycles. The van der Waals surface area contributed by atoms with Gasteiger partial charge in [-0.2, -0.15) is 18.2 Å². The van der Waals surface area contributed by atoms with Crippen molar-refractivity contribution in [1.29, 1.82) is 0 Å². The third kappa shape index (κ3) is 3.77. The van der Waals surface area contributed by atoms with Crippen LogP contribution < -0.4 is 0 Å². The largest absolute Gasteiger partial charge is 0.417 e. The van der Waals surface area contributed by atoms with Gasteiger partial charge in [0.15, 0.2) is 5.82 Å². The van der Waals surface area contributed by atoms with Crippen LogP contribution in [0.15, 0.2) is 27.2 Å². The number of alkyl halides is 4. The van der Waals surface area contributed by atoms with Crippen LogP contribution in [0.4, 0.5) is 13.2 Å². The van der Waals surface area contributed by atoms with Gasteiger partial charge in [0.2, 0.25) is 0 Å². The van der Waals surface area contributed by atoms with E-state index in [4.69, 9.17) is 16.1 Å². The summed E-state index contributed by atoms with van der Waals surface area (Å²) in [6.45, 7) is 1.94. The Hall–Kier alpha value is -1.08. The van der Waals surface area contributed by atoms with Gasteiger partial charge < -0.3 is 4.52 Å². The number of rotatable bonds is 4. The molecule has 0 aliphatic heterocycles. The van der Waals surface area contributed by atoms with Gasteiger partial charge in [0.25, 0.3) is 5.89 Å². The van der Waals surface area contributed by atoms with E-state index < -0.39 is 17.1 Å². The first-order chi connectivity index (χ1) is 9.82. The Labute approximate surface area is 132 Å². The molecule has 0 aliphatic rings. The molecule has 0 amide bonds. The van der Waals surface area contributed by atoms with Crippen LogP contribution in [-0.4, -0.2) is 10.1 Å². The summed E-state index contributed by atoms with van der Waals surface area (Å²) in [7, 11) is 0. The summed E-state index contributed by atoms with van der Waals surface area (Å²) >= 11 is 9.07. The molecule has 21 heavy (non-hydrogen) atoms. The van der Waals surface area contributed by atoms with E-state index in [1.54, 1.807) is 0 Å². The molecule has 0 radical (unpaired) electrons. The van der Waals surface area contributed by atoms with Crippen LogP contribution >= 0.6 is 27.5 Å². The van der Waals surface area contributed by atoms with Gasteiger partial charge >= 0.3 is 6.18 Å². The Kier molecular flexibility index (Phi) is 4.93. The van der Waals surface area contributed by atoms with E-state index in [-0.39, 0.29) is 17.3 Å². The minimum Gasteiger partial charge on any atom is -0.334 e. The molecule has 0 N–H and O–H groups in total. The number of halogens is 5. The van der Waals surface area contributed by atoms with E-state index in [1.807, 2.05) is 6.92 Å². The van der Waals surface area contributed by atoms with Crippen LogP contribution in [0.5, 0.6) is 0 Å². The van der Waals surface area contributed by atoms with E-state index >= 15 is 0 Å². The SMILES string of the molecule is CCCC(Cl)c1noc(-c2ccc(Br)cc2C(F)(F)F)n1. The molecule has 2 rings (SSSR count). The molecule has 1 atom stereocenters. The van der Waals surface area contributed by atoms with Crippen molar-refractivity contribution in [2.24, 2.45) is 0 Å². The summed E-state index contributed by atoms with van der Waals surface area (Å²) in [6.07, 6.45) is -3.09. The first-order valence-electron chi connectivity index (χ1n) is 6.17. The summed E-state index contributed by atoms with van der Waals surface area (Å²) in [4.78, 5) is 3.98. The topological polar surface area (TPSA) is 38.9 Å². The quantitative estimate of drug-likeness (QED) is 0.645. The Morgan fingerprint density at radius 1 is 1.38 bits per heavy atom. The summed E-state index contributed by atoms with van der Waals surface area (Å²) in [5.74, 6) is 0.0103. The first-order valence-corrected chi connectivity index (χ1v) is 7.40. The van der Waals surface area contributed by atoms with Gasteiger partial charge in [-0.1, -0.05) is 34.4 Å². The van der Waals surface area contributed by atoms with E-state index in [0.29, 0.717) is 10.9 Å². The van der Waals surface area contributed by atoms with Crippen molar-refractivity contribution in [3.05, 3.63) is 34.1 Å². The second-order valence-electron chi connectivity index (χ2n) is 4.40. The molecule has 3 nitrogen and oxygen atoms in total. The van der Waals surface area contributed by atoms with Crippen LogP contribution in [0.1, 0.15) is 36.5 Å². The molecule has 1 heterocycles. The van der Waals surface area contributed by atoms with E-state index in [2.05, 4.69) is 26.1 Å². The summed E-state index contributed by atoms with van der Waals surface area (Å²) in [5, 5.41) is 3.18. The molecule has 1 aromatic carbocycles. The van der Waals surface area contributed by atoms with E-state index in [0.717, 1.165) is 12.5 Å². The maximum Gasteiger partial charge on any atom is 0.417 e. The van der Waals surface area contributed by atoms with E-state index in [9.17, 15) is 13.2 Å². The first kappa shape index (κ1) is 16.3. The lowest BCUT2D eigenvalue weighted by atomic mass is 10.1. The molecule has 0 fully saturated rings. The Morgan fingerprint density at radius 3 is 2.71 bits per heavy atom. The monoisotopic (exact) mass is 382 g/mol. The van der Waals surface area contributed by atoms with Crippen LogP contribution in [-0.2, 0) is 6.18 Å². The second-order valence-corrected chi connectivity index (χ2v) is 5.84. The minimum absolute atomic E-state index is 0.162. The maximum atomic E-state index is 13.1. The van der Waals surface area contributed by atoms with Crippen molar-refractivity contribution in [2.45, 2.75) is 31.3 Å². The summed E-state index contributed by atoms with van der Waals surface area (Å²) < 4.78 is 44.4. The number of hydrogen-bond acceptors (Lipinski definition) is 3. The lowest BCUT2D eigenvalue weighted by Gasteiger charge is -2.10. The molecule has 1 unspecified atom stereocenters. The smallest absolute Gasteiger partial charge is 0.334 e. The van der Waals surface area contributed by atoms with Crippen molar-refractivity contribution in [3.63, 3.8) is 0 Å². The zero-order valence-electron chi connectivity index (χ0n) is 10.9. The average molecular weight is 384 g/mol. The highest BCUT2D eigenvalue weighted by Gasteiger charge is 2.35. The van der Waals surface area contributed by atoms with Gasteiger partial charge in [-0.3, -0.25) is 0 Å². The lowest BCUT2D eigenvalue weighted by Crippen LogP contribution is -2.07. The second kappa shape index (κ2) is 6.36. The highest BCUT2D eigenvalue weighted by atomic mass is 79.9. The lowest BCUT2D eigenvalue weighted by molar-refractivity contribution is -0.137. The van der Waals surface area contributed by atoms with Gasteiger partial charge in [0, 0.05) is 4.47 Å². The van der Waals surface area contributed by atoms with Gasteiger partial charge in [-0.05, 0) is 24.6 Å². The molecule has 114 valence electrons. The van der Waals surface area contributed by atoms with Gasteiger partial charge in [0.05, 0.1) is 16.5 Å². The summed E-state index contributed by atoms with van der Waals surface area (Å²) in [6, 6.07) is 3.75. The van der Waals surface area contributed by atoms with Crippen molar-refractivity contribution in [1.82, 2.24) is 10.1 Å². The standard InChI is InChI=1S/C13H11BrClF3N2O/c1-2-3-10(15)11-19-12(21-20-11)8-5-4-7(14)6-9(8)13(16,17)18/h4-6,10H,2-3H2,1H3. The predicted molar refractivity (Wildman–Crippen MR) is 75.9 cm³/mol. The molecule has 0 saturated carbocycles. The maximum absolute atomic E-state index is 13.1. The van der Waals surface area contributed by atoms with Crippen molar-refractivity contribution in [3.8, 4) is 11.5 Å². The fourth-order valence-corrected chi connectivity index (χ4v) is 2.46. The number of hydrogen-bond donors (Lipinski definition) is 0. The van der Waals surface area contributed by atoms with Gasteiger partial charge in [0.1, 0.15) is 0 Å². The molecule has 0 bridgehead atoms. The normalized spacial score (nSPS) is 13.4. The Bertz CT molecular complexity index is 630. The van der Waals surface area contributed by atoms with Crippen molar-refractivity contribution in [2.75, 3.05) is 0 Å². The molecule has 0 aliphatic carbocycles. The van der Waals surface area contributed by atoms with Crippen molar-refractivity contribution >= 4 is 27.5 Å². The van der Waals surface area contributed by atoms with Crippen LogP contribution in [0.2, 0.25) is 0 Å². The predicted octanol–water partition coefficient (Wildman–Crippen LogP) is 5.60. The van der Waals surface area contributed by atoms with E-state index in [1.165, 1.54) is 12.1 Å². The molecule has 8 heteroatoms. The fourth-order valence-electron chi connectivity index (χ4n) is 1.79. The number of aromatic nitrogens is 2. The fraction of sp³-hybridized carbons (Fsp3) is 0.385. The Morgan fingerprint density at radius 2 is 2.10 bits per heavy atom. The molecular formula is C13H11BrClF3N2O. The van der Waals surface area contributed by atoms with Crippen LogP contribution in [0.3, 0.4) is 0 Å². The summed E-state index contributed by atoms with van der Waals surface area (Å²) in [5.41, 5.74) is -1.00. The average Bonchev–Trinajstić information content (AvgIpc) is 2.87. The highest BCUT2D eigenvalue weighted by Crippen LogP contribution is 2.38.